The van der Waals surface area contributed by atoms with Crippen LogP contribution >= 0.6 is 0 Å². The van der Waals surface area contributed by atoms with Crippen molar-refractivity contribution in [2.45, 2.75) is 43.0 Å². The Kier molecular flexibility index (Phi) is 8.26. The Bertz CT molecular complexity index is 1080. The van der Waals surface area contributed by atoms with Gasteiger partial charge in [-0.1, -0.05) is 30.3 Å². The highest BCUT2D eigenvalue weighted by molar-refractivity contribution is 5.87. The number of rotatable bonds is 8. The van der Waals surface area contributed by atoms with Crippen LogP contribution in [0.1, 0.15) is 24.0 Å². The van der Waals surface area contributed by atoms with Gasteiger partial charge in [-0.25, -0.2) is 9.59 Å². The first kappa shape index (κ1) is 25.9. The Morgan fingerprint density at radius 1 is 0.943 bits per heavy atom. The average Bonchev–Trinajstić information content (AvgIpc) is 2.80. The second kappa shape index (κ2) is 11.2. The summed E-state index contributed by atoms with van der Waals surface area (Å²) in [6, 6.07) is 12.0. The zero-order valence-electron chi connectivity index (χ0n) is 18.5. The smallest absolute Gasteiger partial charge is 0.335 e. The van der Waals surface area contributed by atoms with Gasteiger partial charge in [-0.3, -0.25) is 0 Å². The van der Waals surface area contributed by atoms with Crippen LogP contribution in [-0.2, 0) is 19.1 Å². The second-order valence-electron chi connectivity index (χ2n) is 8.15. The fourth-order valence-corrected chi connectivity index (χ4v) is 3.62. The van der Waals surface area contributed by atoms with Gasteiger partial charge in [0, 0.05) is 18.9 Å². The van der Waals surface area contributed by atoms with Crippen molar-refractivity contribution in [1.29, 1.82) is 0 Å². The molecule has 10 nitrogen and oxygen atoms in total. The monoisotopic (exact) mass is 486 g/mol. The number of aliphatic hydroxyl groups excluding tert-OH is 2. The molecule has 10 heteroatoms. The second-order valence-corrected chi connectivity index (χ2v) is 8.15. The van der Waals surface area contributed by atoms with Gasteiger partial charge < -0.3 is 40.1 Å². The number of aromatic hydroxyl groups is 2. The van der Waals surface area contributed by atoms with E-state index in [-0.39, 0.29) is 11.5 Å². The first-order chi connectivity index (χ1) is 16.6. The largest absolute Gasteiger partial charge is 0.508 e. The van der Waals surface area contributed by atoms with Crippen molar-refractivity contribution in [2.24, 2.45) is 0 Å². The SMILES string of the molecule is O=C(/C=C/c1ccc(O)cc1)O[C@H]1C(O)C[C@](O)(C(=O)O)CC1OC(O)/C=C/c1ccc(O)cc1. The number of phenolic OH excluding ortho intramolecular Hbond substituents is 2. The molecular weight excluding hydrogens is 460 g/mol. The van der Waals surface area contributed by atoms with Crippen LogP contribution in [0.4, 0.5) is 0 Å². The Morgan fingerprint density at radius 2 is 1.49 bits per heavy atom. The Morgan fingerprint density at radius 3 is 2.03 bits per heavy atom. The van der Waals surface area contributed by atoms with Gasteiger partial charge in [0.25, 0.3) is 0 Å². The van der Waals surface area contributed by atoms with Crippen LogP contribution in [0.25, 0.3) is 12.2 Å². The van der Waals surface area contributed by atoms with Gasteiger partial charge in [-0.05, 0) is 47.5 Å². The molecule has 5 atom stereocenters. The highest BCUT2D eigenvalue weighted by Crippen LogP contribution is 2.33. The summed E-state index contributed by atoms with van der Waals surface area (Å²) >= 11 is 0. The van der Waals surface area contributed by atoms with Crippen LogP contribution < -0.4 is 0 Å². The lowest BCUT2D eigenvalue weighted by Gasteiger charge is -2.41. The molecule has 2 aromatic carbocycles. The molecule has 3 unspecified atom stereocenters. The van der Waals surface area contributed by atoms with E-state index in [1.54, 1.807) is 24.3 Å². The molecule has 186 valence electrons. The summed E-state index contributed by atoms with van der Waals surface area (Å²) in [5.41, 5.74) is -1.14. The van der Waals surface area contributed by atoms with E-state index >= 15 is 0 Å². The van der Waals surface area contributed by atoms with Crippen molar-refractivity contribution in [2.75, 3.05) is 0 Å². The van der Waals surface area contributed by atoms with E-state index in [4.69, 9.17) is 9.47 Å². The van der Waals surface area contributed by atoms with E-state index in [9.17, 15) is 40.2 Å². The van der Waals surface area contributed by atoms with Gasteiger partial charge in [-0.15, -0.1) is 0 Å². The molecule has 0 aliphatic heterocycles. The number of aliphatic hydroxyl groups is 3. The summed E-state index contributed by atoms with van der Waals surface area (Å²) in [5.74, 6) is -2.34. The molecule has 3 rings (SSSR count). The number of carbonyl (C=O) groups is 2. The maximum atomic E-state index is 12.4. The lowest BCUT2D eigenvalue weighted by molar-refractivity contribution is -0.224. The van der Waals surface area contributed by atoms with Crippen LogP contribution in [-0.4, -0.2) is 72.8 Å². The lowest BCUT2D eigenvalue weighted by atomic mass is 9.79. The normalized spacial score (nSPS) is 25.5. The summed E-state index contributed by atoms with van der Waals surface area (Å²) in [6.07, 6.45) is -1.87. The molecule has 35 heavy (non-hydrogen) atoms. The minimum absolute atomic E-state index is 0.0546. The van der Waals surface area contributed by atoms with Crippen LogP contribution in [0, 0.1) is 0 Å². The standard InChI is InChI=1S/C25H26O10/c26-17-7-1-15(2-8-17)5-11-21(29)34-20-14-25(33,24(31)32)13-19(28)23(20)35-22(30)12-6-16-3-9-18(27)10-4-16/h1-12,19-21,23,26-29,33H,13-14H2,(H,31,32)/b11-5+,12-6+/t19?,20?,21?,23-,25+/m0/s1. The minimum Gasteiger partial charge on any atom is -0.508 e. The van der Waals surface area contributed by atoms with E-state index in [2.05, 4.69) is 0 Å². The third kappa shape index (κ3) is 7.14. The number of carboxylic acids is 1. The maximum absolute atomic E-state index is 12.4. The number of hydrogen-bond acceptors (Lipinski definition) is 9. The van der Waals surface area contributed by atoms with Crippen molar-refractivity contribution in [3.05, 3.63) is 71.8 Å². The molecule has 0 aromatic heterocycles. The highest BCUT2D eigenvalue weighted by atomic mass is 16.6. The zero-order chi connectivity index (χ0) is 25.6. The zero-order valence-corrected chi connectivity index (χ0v) is 18.5. The maximum Gasteiger partial charge on any atom is 0.335 e. The Labute approximate surface area is 200 Å². The molecule has 0 saturated heterocycles. The summed E-state index contributed by atoms with van der Waals surface area (Å²) in [5, 5.41) is 59.2. The third-order valence-electron chi connectivity index (χ3n) is 5.45. The lowest BCUT2D eigenvalue weighted by Crippen LogP contribution is -2.58. The van der Waals surface area contributed by atoms with Crippen molar-refractivity contribution >= 4 is 24.1 Å². The number of carbonyl (C=O) groups excluding carboxylic acids is 1. The predicted molar refractivity (Wildman–Crippen MR) is 123 cm³/mol. The summed E-state index contributed by atoms with van der Waals surface area (Å²) in [4.78, 5) is 23.9. The number of ether oxygens (including phenoxy) is 2. The fourth-order valence-electron chi connectivity index (χ4n) is 3.62. The van der Waals surface area contributed by atoms with E-state index in [1.807, 2.05) is 0 Å². The summed E-state index contributed by atoms with van der Waals surface area (Å²) in [7, 11) is 0. The third-order valence-corrected chi connectivity index (χ3v) is 5.45. The fraction of sp³-hybridized carbons (Fsp3) is 0.280. The molecule has 1 aliphatic rings. The number of benzene rings is 2. The van der Waals surface area contributed by atoms with Gasteiger partial charge >= 0.3 is 11.9 Å². The van der Waals surface area contributed by atoms with Crippen molar-refractivity contribution < 1.29 is 49.7 Å². The molecule has 0 bridgehead atoms. The van der Waals surface area contributed by atoms with Gasteiger partial charge in [0.1, 0.15) is 17.6 Å². The molecule has 0 spiro atoms. The minimum atomic E-state index is -2.35. The Hall–Kier alpha value is -3.70. The van der Waals surface area contributed by atoms with E-state index in [0.29, 0.717) is 11.1 Å². The van der Waals surface area contributed by atoms with E-state index in [0.717, 1.165) is 6.08 Å². The number of carboxylic acid groups (broad SMARTS) is 1. The first-order valence-electron chi connectivity index (χ1n) is 10.7. The van der Waals surface area contributed by atoms with Gasteiger partial charge in [0.05, 0.1) is 6.10 Å². The van der Waals surface area contributed by atoms with Crippen molar-refractivity contribution in [3.8, 4) is 11.5 Å². The molecule has 0 heterocycles. The Balaban J connectivity index is 1.72. The number of aliphatic carboxylic acids is 1. The quantitative estimate of drug-likeness (QED) is 0.182. The first-order valence-corrected chi connectivity index (χ1v) is 10.7. The number of hydrogen-bond donors (Lipinski definition) is 6. The van der Waals surface area contributed by atoms with Gasteiger partial charge in [0.15, 0.2) is 18.0 Å². The topological polar surface area (TPSA) is 174 Å². The van der Waals surface area contributed by atoms with Gasteiger partial charge in [-0.2, -0.15) is 0 Å². The molecule has 0 radical (unpaired) electrons. The van der Waals surface area contributed by atoms with Crippen LogP contribution in [0.3, 0.4) is 0 Å². The van der Waals surface area contributed by atoms with Crippen molar-refractivity contribution in [3.63, 3.8) is 0 Å². The van der Waals surface area contributed by atoms with Crippen LogP contribution in [0.15, 0.2) is 60.7 Å². The molecule has 0 amide bonds. The van der Waals surface area contributed by atoms with E-state index < -0.39 is 55.0 Å². The molecule has 1 saturated carbocycles. The predicted octanol–water partition coefficient (Wildman–Crippen LogP) is 1.41. The number of esters is 1. The van der Waals surface area contributed by atoms with Gasteiger partial charge in [0.2, 0.25) is 0 Å². The molecular formula is C25H26O10. The van der Waals surface area contributed by atoms with E-state index in [1.165, 1.54) is 42.5 Å². The molecule has 1 aliphatic carbocycles. The van der Waals surface area contributed by atoms with Crippen molar-refractivity contribution in [1.82, 2.24) is 0 Å². The molecule has 2 aromatic rings. The summed E-state index contributed by atoms with van der Waals surface area (Å²) < 4.78 is 10.7. The number of phenols is 2. The average molecular weight is 486 g/mol. The molecule has 6 N–H and O–H groups in total. The summed E-state index contributed by atoms with van der Waals surface area (Å²) in [6.45, 7) is 0. The van der Waals surface area contributed by atoms with Crippen LogP contribution in [0.5, 0.6) is 11.5 Å². The van der Waals surface area contributed by atoms with Crippen LogP contribution in [0.2, 0.25) is 0 Å². The molecule has 1 fully saturated rings. The highest BCUT2D eigenvalue weighted by Gasteiger charge is 2.51.